The number of nitrogens with zero attached hydrogens (tertiary/aromatic N) is 5. The third kappa shape index (κ3) is 7.95. The van der Waals surface area contributed by atoms with Gasteiger partial charge in [-0.2, -0.15) is 0 Å². The third-order valence-electron chi connectivity index (χ3n) is 19.0. The average molecular weight is 1150 g/mol. The highest BCUT2D eigenvalue weighted by Crippen LogP contribution is 2.55. The maximum Gasteiger partial charge on any atom is 0.256 e. The number of hydrogen-bond donors (Lipinski definition) is 0. The van der Waals surface area contributed by atoms with Crippen LogP contribution in [0.15, 0.2) is 309 Å². The van der Waals surface area contributed by atoms with E-state index in [4.69, 9.17) is 9.47 Å². The first-order valence-corrected chi connectivity index (χ1v) is 31.1. The van der Waals surface area contributed by atoms with Crippen molar-refractivity contribution < 1.29 is 9.47 Å². The molecule has 0 radical (unpaired) electrons. The Hall–Kier alpha value is -11.4. The molecule has 0 aliphatic carbocycles. The Morgan fingerprint density at radius 2 is 0.656 bits per heavy atom. The second-order valence-electron chi connectivity index (χ2n) is 24.4. The van der Waals surface area contributed by atoms with Crippen LogP contribution in [0, 0.1) is 0 Å². The molecule has 18 rings (SSSR count). The zero-order valence-corrected chi connectivity index (χ0v) is 49.7. The van der Waals surface area contributed by atoms with Gasteiger partial charge in [0.2, 0.25) is 0 Å². The van der Waals surface area contributed by atoms with E-state index in [9.17, 15) is 0 Å². The number of rotatable bonds is 9. The average Bonchev–Trinajstić information content (AvgIpc) is 0.720. The van der Waals surface area contributed by atoms with E-state index in [1.165, 1.54) is 22.1 Å². The molecule has 0 N–H and O–H groups in total. The summed E-state index contributed by atoms with van der Waals surface area (Å²) < 4.78 is 15.0. The summed E-state index contributed by atoms with van der Waals surface area (Å²) >= 11 is 0. The van der Waals surface area contributed by atoms with Crippen LogP contribution in [0.2, 0.25) is 0 Å². The van der Waals surface area contributed by atoms with Crippen LogP contribution in [0.5, 0.6) is 23.0 Å². The standard InChI is InChI=1S/C81H57B2N5O2/c1-81(2)63-42-24-26-44-69(63)86(58-36-18-7-19-37-58)70-53-76-68(50-64(70)81)83-67-51-66-71(52-72(67)88(60-40-22-9-23-41-60)74-47-62(49-78(90-76)80(74)83)85(56-32-14-5-15-33-56)57-34-16-6-17-35-57)87(59-38-20-8-21-39-59)73-46-61(48-77-79(73)82(66)65-43-25-27-45-75(65)89-77)84(54-28-10-3-11-29-54)55-30-12-4-13-31-55/h3-53H,1-2H3. The zero-order valence-electron chi connectivity index (χ0n) is 49.7. The van der Waals surface area contributed by atoms with Crippen molar-refractivity contribution in [2.24, 2.45) is 0 Å². The second kappa shape index (κ2) is 20.3. The fourth-order valence-corrected chi connectivity index (χ4v) is 15.1. The minimum Gasteiger partial charge on any atom is -0.458 e. The van der Waals surface area contributed by atoms with Crippen molar-refractivity contribution in [1.29, 1.82) is 0 Å². The van der Waals surface area contributed by atoms with Crippen LogP contribution in [0.25, 0.3) is 0 Å². The minimum absolute atomic E-state index is 0.201. The number of para-hydroxylation sites is 9. The van der Waals surface area contributed by atoms with Crippen molar-refractivity contribution in [3.8, 4) is 23.0 Å². The number of fused-ring (bicyclic) bond motifs is 10. The first kappa shape index (κ1) is 51.8. The molecule has 0 fully saturated rings. The van der Waals surface area contributed by atoms with Crippen LogP contribution in [0.4, 0.5) is 85.3 Å². The lowest BCUT2D eigenvalue weighted by atomic mass is 9.30. The number of ether oxygens (including phenoxy) is 2. The Bertz CT molecular complexity index is 4880. The van der Waals surface area contributed by atoms with Crippen molar-refractivity contribution in [2.75, 3.05) is 24.5 Å². The lowest BCUT2D eigenvalue weighted by molar-refractivity contribution is 0.486. The topological polar surface area (TPSA) is 34.7 Å². The van der Waals surface area contributed by atoms with Crippen LogP contribution in [0.3, 0.4) is 0 Å². The predicted molar refractivity (Wildman–Crippen MR) is 374 cm³/mol. The number of hydrogen-bond acceptors (Lipinski definition) is 7. The Balaban J connectivity index is 0.946. The molecule has 90 heavy (non-hydrogen) atoms. The predicted octanol–water partition coefficient (Wildman–Crippen LogP) is 17.5. The minimum atomic E-state index is -0.383. The molecular weight excluding hydrogens is 1100 g/mol. The fourth-order valence-electron chi connectivity index (χ4n) is 15.1. The van der Waals surface area contributed by atoms with Gasteiger partial charge in [0.25, 0.3) is 13.4 Å². The van der Waals surface area contributed by atoms with Crippen molar-refractivity contribution in [3.63, 3.8) is 0 Å². The molecule has 0 aromatic heterocycles. The van der Waals surface area contributed by atoms with Crippen LogP contribution < -0.4 is 66.8 Å². The summed E-state index contributed by atoms with van der Waals surface area (Å²) in [6, 6.07) is 112. The largest absolute Gasteiger partial charge is 0.458 e. The molecule has 5 aliphatic heterocycles. The lowest BCUT2D eigenvalue weighted by Crippen LogP contribution is -2.64. The maximum atomic E-state index is 7.73. The van der Waals surface area contributed by atoms with Gasteiger partial charge in [-0.05, 0) is 159 Å². The molecule has 7 nitrogen and oxygen atoms in total. The summed E-state index contributed by atoms with van der Waals surface area (Å²) in [6.07, 6.45) is 0. The molecule has 0 spiro atoms. The maximum absolute atomic E-state index is 7.73. The van der Waals surface area contributed by atoms with Gasteiger partial charge in [0, 0.05) is 86.2 Å². The van der Waals surface area contributed by atoms with Crippen LogP contribution in [-0.2, 0) is 5.41 Å². The van der Waals surface area contributed by atoms with Gasteiger partial charge >= 0.3 is 0 Å². The Labute approximate surface area is 525 Å². The number of anilines is 15. The summed E-state index contributed by atoms with van der Waals surface area (Å²) in [5.74, 6) is 3.32. The molecule has 5 heterocycles. The van der Waals surface area contributed by atoms with Crippen LogP contribution in [0.1, 0.15) is 25.0 Å². The van der Waals surface area contributed by atoms with Crippen molar-refractivity contribution in [3.05, 3.63) is 321 Å². The molecule has 0 saturated heterocycles. The van der Waals surface area contributed by atoms with Gasteiger partial charge in [0.05, 0.1) is 22.7 Å². The fraction of sp³-hybridized carbons (Fsp3) is 0.0370. The first-order valence-electron chi connectivity index (χ1n) is 31.1. The smallest absolute Gasteiger partial charge is 0.256 e. The second-order valence-corrected chi connectivity index (χ2v) is 24.4. The molecule has 13 aromatic carbocycles. The van der Waals surface area contributed by atoms with E-state index in [0.29, 0.717) is 0 Å². The Kier molecular flexibility index (Phi) is 11.7. The molecule has 0 saturated carbocycles. The van der Waals surface area contributed by atoms with Gasteiger partial charge in [-0.3, -0.25) is 0 Å². The summed E-state index contributed by atoms with van der Waals surface area (Å²) in [7, 11) is 0. The summed E-state index contributed by atoms with van der Waals surface area (Å²) in [5.41, 5.74) is 24.9. The molecular formula is C81H57B2N5O2. The monoisotopic (exact) mass is 1150 g/mol. The highest BCUT2D eigenvalue weighted by Gasteiger charge is 2.49. The van der Waals surface area contributed by atoms with Gasteiger partial charge in [-0.25, -0.2) is 0 Å². The van der Waals surface area contributed by atoms with Gasteiger partial charge in [0.15, 0.2) is 0 Å². The van der Waals surface area contributed by atoms with E-state index < -0.39 is 0 Å². The van der Waals surface area contributed by atoms with Crippen LogP contribution in [-0.4, -0.2) is 13.4 Å². The van der Waals surface area contributed by atoms with Crippen LogP contribution >= 0.6 is 0 Å². The third-order valence-corrected chi connectivity index (χ3v) is 19.0. The summed E-state index contributed by atoms with van der Waals surface area (Å²) in [4.78, 5) is 12.2. The quantitative estimate of drug-likeness (QED) is 0.133. The van der Waals surface area contributed by atoms with Crippen molar-refractivity contribution >= 4 is 132 Å². The Morgan fingerprint density at radius 1 is 0.267 bits per heavy atom. The van der Waals surface area contributed by atoms with E-state index in [1.54, 1.807) is 0 Å². The molecule has 0 atom stereocenters. The highest BCUT2D eigenvalue weighted by molar-refractivity contribution is 7.02. The SMILES string of the molecule is CC1(C)c2ccccc2N(c2ccccc2)c2cc3c(cc21)B1c2cc4c(cc2N(c2ccccc2)c2cc(N(c5ccccc5)c5ccccc5)cc(c21)O3)N(c1ccccc1)c1cc(N(c2ccccc2)c2ccccc2)cc2c1B4c1ccccc1O2. The van der Waals surface area contributed by atoms with Gasteiger partial charge in [0.1, 0.15) is 23.0 Å². The van der Waals surface area contributed by atoms with E-state index in [2.05, 4.69) is 348 Å². The van der Waals surface area contributed by atoms with E-state index in [-0.39, 0.29) is 18.8 Å². The van der Waals surface area contributed by atoms with Gasteiger partial charge < -0.3 is 34.0 Å². The van der Waals surface area contributed by atoms with Gasteiger partial charge in [-0.1, -0.05) is 190 Å². The zero-order chi connectivity index (χ0) is 59.6. The summed E-state index contributed by atoms with van der Waals surface area (Å²) in [6.45, 7) is 4.30. The molecule has 5 aliphatic rings. The van der Waals surface area contributed by atoms with Crippen molar-refractivity contribution in [1.82, 2.24) is 0 Å². The van der Waals surface area contributed by atoms with Crippen molar-refractivity contribution in [2.45, 2.75) is 19.3 Å². The normalized spacial score (nSPS) is 13.8. The van der Waals surface area contributed by atoms with E-state index >= 15 is 0 Å². The molecule has 0 unspecified atom stereocenters. The molecule has 13 aromatic rings. The van der Waals surface area contributed by atoms with E-state index in [1.807, 2.05) is 0 Å². The van der Waals surface area contributed by atoms with Gasteiger partial charge in [-0.15, -0.1) is 0 Å². The molecule has 0 amide bonds. The molecule has 9 heteroatoms. The molecule has 424 valence electrons. The lowest BCUT2D eigenvalue weighted by Gasteiger charge is -2.46. The van der Waals surface area contributed by atoms with E-state index in [0.717, 1.165) is 130 Å². The number of benzene rings is 13. The first-order chi connectivity index (χ1) is 44.4. The highest BCUT2D eigenvalue weighted by atomic mass is 16.5. The Morgan fingerprint density at radius 3 is 1.13 bits per heavy atom. The summed E-state index contributed by atoms with van der Waals surface area (Å²) in [5, 5.41) is 0. The molecule has 0 bridgehead atoms.